The van der Waals surface area contributed by atoms with Crippen LogP contribution in [-0.2, 0) is 0 Å². The van der Waals surface area contributed by atoms with Gasteiger partial charge in [-0.25, -0.2) is 4.98 Å². The fourth-order valence-electron chi connectivity index (χ4n) is 1.28. The van der Waals surface area contributed by atoms with Gasteiger partial charge < -0.3 is 5.73 Å². The molecule has 2 N–H and O–H groups in total. The lowest BCUT2D eigenvalue weighted by Crippen LogP contribution is -1.83. The van der Waals surface area contributed by atoms with Gasteiger partial charge in [0.1, 0.15) is 10.7 Å². The normalized spacial score (nSPS) is 9.87. The smallest absolute Gasteiger partial charge is 0.127 e. The average Bonchev–Trinajstić information content (AvgIpc) is 2.61. The summed E-state index contributed by atoms with van der Waals surface area (Å²) in [6.07, 6.45) is 5.34. The van der Waals surface area contributed by atoms with E-state index in [1.54, 1.807) is 11.3 Å². The summed E-state index contributed by atoms with van der Waals surface area (Å²) in [5, 5.41) is 0.945. The standard InChI is InChI=1S/C12H10N2S/c1-3-11-8(2)15-12(14-11)9-4-6-10(13)7-5-9/h1,4-7H,13H2,2H3. The molecule has 0 aliphatic rings. The van der Waals surface area contributed by atoms with Gasteiger partial charge in [-0.15, -0.1) is 17.8 Å². The van der Waals surface area contributed by atoms with Crippen LogP contribution in [0.25, 0.3) is 10.6 Å². The summed E-state index contributed by atoms with van der Waals surface area (Å²) in [7, 11) is 0. The molecule has 0 unspecified atom stereocenters. The Morgan fingerprint density at radius 3 is 2.53 bits per heavy atom. The zero-order chi connectivity index (χ0) is 10.8. The number of thiazole rings is 1. The summed E-state index contributed by atoms with van der Waals surface area (Å²) >= 11 is 1.60. The minimum Gasteiger partial charge on any atom is -0.399 e. The summed E-state index contributed by atoms with van der Waals surface area (Å²) in [5.41, 5.74) is 8.15. The van der Waals surface area contributed by atoms with E-state index in [0.717, 1.165) is 26.8 Å². The van der Waals surface area contributed by atoms with Gasteiger partial charge in [0.05, 0.1) is 0 Å². The molecular formula is C12H10N2S. The maximum atomic E-state index is 5.62. The largest absolute Gasteiger partial charge is 0.399 e. The lowest BCUT2D eigenvalue weighted by atomic mass is 10.2. The number of aryl methyl sites for hydroxylation is 1. The third-order valence-electron chi connectivity index (χ3n) is 2.09. The first-order valence-corrected chi connectivity index (χ1v) is 5.32. The minimum atomic E-state index is 0.729. The molecule has 1 aromatic carbocycles. The highest BCUT2D eigenvalue weighted by Crippen LogP contribution is 2.27. The molecule has 15 heavy (non-hydrogen) atoms. The number of nitrogens with two attached hydrogens (primary N) is 1. The van der Waals surface area contributed by atoms with Gasteiger partial charge in [0.25, 0.3) is 0 Å². The molecule has 0 atom stereocenters. The molecule has 0 amide bonds. The zero-order valence-electron chi connectivity index (χ0n) is 8.32. The molecule has 1 aromatic heterocycles. The van der Waals surface area contributed by atoms with E-state index >= 15 is 0 Å². The second-order valence-corrected chi connectivity index (χ2v) is 4.39. The van der Waals surface area contributed by atoms with Crippen LogP contribution in [-0.4, -0.2) is 4.98 Å². The average molecular weight is 214 g/mol. The van der Waals surface area contributed by atoms with E-state index in [0.29, 0.717) is 0 Å². The van der Waals surface area contributed by atoms with Crippen LogP contribution in [0.5, 0.6) is 0 Å². The third kappa shape index (κ3) is 1.85. The van der Waals surface area contributed by atoms with Crippen molar-refractivity contribution >= 4 is 17.0 Å². The molecule has 2 rings (SSSR count). The summed E-state index contributed by atoms with van der Waals surface area (Å²) in [6, 6.07) is 7.63. The van der Waals surface area contributed by atoms with Crippen LogP contribution in [0.2, 0.25) is 0 Å². The Hall–Kier alpha value is -1.79. The Morgan fingerprint density at radius 2 is 2.00 bits per heavy atom. The highest BCUT2D eigenvalue weighted by molar-refractivity contribution is 7.15. The number of nitrogen functional groups attached to an aromatic ring is 1. The van der Waals surface area contributed by atoms with Gasteiger partial charge in [0.2, 0.25) is 0 Å². The van der Waals surface area contributed by atoms with Crippen molar-refractivity contribution in [2.45, 2.75) is 6.92 Å². The Bertz CT molecular complexity index is 518. The highest BCUT2D eigenvalue weighted by atomic mass is 32.1. The van der Waals surface area contributed by atoms with Crippen LogP contribution < -0.4 is 5.73 Å². The summed E-state index contributed by atoms with van der Waals surface area (Å²) in [5.74, 6) is 2.57. The monoisotopic (exact) mass is 214 g/mol. The Balaban J connectivity index is 2.46. The van der Waals surface area contributed by atoms with Gasteiger partial charge >= 0.3 is 0 Å². The predicted molar refractivity (Wildman–Crippen MR) is 64.6 cm³/mol. The van der Waals surface area contributed by atoms with E-state index in [1.807, 2.05) is 31.2 Å². The van der Waals surface area contributed by atoms with E-state index in [4.69, 9.17) is 12.2 Å². The molecule has 0 aliphatic heterocycles. The molecule has 0 bridgehead atoms. The molecular weight excluding hydrogens is 204 g/mol. The Morgan fingerprint density at radius 1 is 1.33 bits per heavy atom. The molecule has 2 aromatic rings. The number of hydrogen-bond acceptors (Lipinski definition) is 3. The van der Waals surface area contributed by atoms with Gasteiger partial charge in [-0.05, 0) is 37.1 Å². The first-order chi connectivity index (χ1) is 7.20. The molecule has 0 fully saturated rings. The van der Waals surface area contributed by atoms with E-state index in [1.165, 1.54) is 0 Å². The van der Waals surface area contributed by atoms with Crippen molar-refractivity contribution in [3.05, 3.63) is 34.8 Å². The quantitative estimate of drug-likeness (QED) is 0.585. The highest BCUT2D eigenvalue weighted by Gasteiger charge is 2.06. The summed E-state index contributed by atoms with van der Waals surface area (Å²) in [4.78, 5) is 5.44. The first kappa shape index (κ1) is 9.75. The lowest BCUT2D eigenvalue weighted by Gasteiger charge is -1.95. The second-order valence-electron chi connectivity index (χ2n) is 3.19. The predicted octanol–water partition coefficient (Wildman–Crippen LogP) is 2.68. The van der Waals surface area contributed by atoms with Gasteiger partial charge in [-0.2, -0.15) is 0 Å². The van der Waals surface area contributed by atoms with Crippen molar-refractivity contribution in [3.8, 4) is 22.9 Å². The van der Waals surface area contributed by atoms with Crippen LogP contribution in [0.4, 0.5) is 5.69 Å². The zero-order valence-corrected chi connectivity index (χ0v) is 9.14. The maximum Gasteiger partial charge on any atom is 0.127 e. The number of benzene rings is 1. The van der Waals surface area contributed by atoms with Gasteiger partial charge in [-0.3, -0.25) is 0 Å². The van der Waals surface area contributed by atoms with Crippen molar-refractivity contribution in [3.63, 3.8) is 0 Å². The van der Waals surface area contributed by atoms with Crippen molar-refractivity contribution < 1.29 is 0 Å². The minimum absolute atomic E-state index is 0.729. The van der Waals surface area contributed by atoms with E-state index < -0.39 is 0 Å². The molecule has 0 saturated heterocycles. The van der Waals surface area contributed by atoms with E-state index in [9.17, 15) is 0 Å². The molecule has 0 radical (unpaired) electrons. The first-order valence-electron chi connectivity index (χ1n) is 4.50. The van der Waals surface area contributed by atoms with Crippen LogP contribution in [0.1, 0.15) is 10.6 Å². The number of nitrogens with zero attached hydrogens (tertiary/aromatic N) is 1. The lowest BCUT2D eigenvalue weighted by molar-refractivity contribution is 1.33. The molecule has 74 valence electrons. The maximum absolute atomic E-state index is 5.62. The van der Waals surface area contributed by atoms with Crippen molar-refractivity contribution in [1.82, 2.24) is 4.98 Å². The Labute approximate surface area is 92.8 Å². The van der Waals surface area contributed by atoms with Crippen LogP contribution >= 0.6 is 11.3 Å². The van der Waals surface area contributed by atoms with E-state index in [-0.39, 0.29) is 0 Å². The summed E-state index contributed by atoms with van der Waals surface area (Å²) < 4.78 is 0. The van der Waals surface area contributed by atoms with Gasteiger partial charge in [0, 0.05) is 16.1 Å². The molecule has 2 nitrogen and oxygen atoms in total. The van der Waals surface area contributed by atoms with Crippen molar-refractivity contribution in [2.24, 2.45) is 0 Å². The molecule has 0 saturated carbocycles. The van der Waals surface area contributed by atoms with Crippen LogP contribution in [0.3, 0.4) is 0 Å². The fourth-order valence-corrected chi connectivity index (χ4v) is 2.16. The molecule has 0 spiro atoms. The fraction of sp³-hybridized carbons (Fsp3) is 0.0833. The molecule has 1 heterocycles. The number of hydrogen-bond donors (Lipinski definition) is 1. The van der Waals surface area contributed by atoms with Crippen LogP contribution in [0, 0.1) is 19.3 Å². The number of anilines is 1. The van der Waals surface area contributed by atoms with E-state index in [2.05, 4.69) is 10.9 Å². The number of rotatable bonds is 1. The molecule has 3 heteroatoms. The van der Waals surface area contributed by atoms with Crippen LogP contribution in [0.15, 0.2) is 24.3 Å². The van der Waals surface area contributed by atoms with Crippen molar-refractivity contribution in [2.75, 3.05) is 5.73 Å². The third-order valence-corrected chi connectivity index (χ3v) is 3.11. The SMILES string of the molecule is C#Cc1nc(-c2ccc(N)cc2)sc1C. The topological polar surface area (TPSA) is 38.9 Å². The van der Waals surface area contributed by atoms with Gasteiger partial charge in [-0.1, -0.05) is 0 Å². The second kappa shape index (κ2) is 3.76. The van der Waals surface area contributed by atoms with Gasteiger partial charge in [0.15, 0.2) is 0 Å². The number of aromatic nitrogens is 1. The molecule has 0 aliphatic carbocycles. The Kier molecular flexibility index (Phi) is 2.44. The summed E-state index contributed by atoms with van der Waals surface area (Å²) in [6.45, 7) is 1.98. The number of terminal acetylenes is 1. The van der Waals surface area contributed by atoms with Crippen molar-refractivity contribution in [1.29, 1.82) is 0 Å².